The lowest BCUT2D eigenvalue weighted by Crippen LogP contribution is -2.00. The number of rotatable bonds is 3. The summed E-state index contributed by atoms with van der Waals surface area (Å²) in [7, 11) is 0. The third-order valence-corrected chi connectivity index (χ3v) is 2.01. The van der Waals surface area contributed by atoms with Crippen molar-refractivity contribution in [2.45, 2.75) is 13.3 Å². The molecule has 0 bridgehead atoms. The van der Waals surface area contributed by atoms with Crippen LogP contribution in [0.2, 0.25) is 5.02 Å². The van der Waals surface area contributed by atoms with Gasteiger partial charge >= 0.3 is 0 Å². The lowest BCUT2D eigenvalue weighted by Gasteiger charge is -2.01. The van der Waals surface area contributed by atoms with Crippen LogP contribution in [0.4, 0.5) is 0 Å². The van der Waals surface area contributed by atoms with E-state index >= 15 is 0 Å². The zero-order chi connectivity index (χ0) is 9.84. The molecule has 68 valence electrons. The van der Waals surface area contributed by atoms with E-state index < -0.39 is 0 Å². The number of hydrogen-bond donors (Lipinski definition) is 0. The largest absolute Gasteiger partial charge is 0.303 e. The van der Waals surface area contributed by atoms with Gasteiger partial charge in [-0.3, -0.25) is 4.79 Å². The Morgan fingerprint density at radius 1 is 1.54 bits per heavy atom. The molecule has 0 unspecified atom stereocenters. The molecule has 1 aromatic carbocycles. The molecule has 0 radical (unpaired) electrons. The molecular formula is C10H9ClO2. The Balaban J connectivity index is 3.01. The van der Waals surface area contributed by atoms with Gasteiger partial charge in [-0.05, 0) is 24.6 Å². The highest BCUT2D eigenvalue weighted by Gasteiger charge is 2.08. The average molecular weight is 197 g/mol. The third kappa shape index (κ3) is 2.39. The van der Waals surface area contributed by atoms with Gasteiger partial charge in [-0.1, -0.05) is 17.7 Å². The van der Waals surface area contributed by atoms with E-state index in [0.717, 1.165) is 5.56 Å². The van der Waals surface area contributed by atoms with E-state index in [4.69, 9.17) is 11.6 Å². The Hall–Kier alpha value is -1.15. The molecule has 2 nitrogen and oxygen atoms in total. The first-order chi connectivity index (χ1) is 6.15. The molecule has 0 aliphatic rings. The highest BCUT2D eigenvalue weighted by Crippen LogP contribution is 2.18. The maximum atomic E-state index is 11.3. The first-order valence-electron chi connectivity index (χ1n) is 3.88. The van der Waals surface area contributed by atoms with Gasteiger partial charge in [0.05, 0.1) is 11.4 Å². The normalized spacial score (nSPS) is 9.69. The summed E-state index contributed by atoms with van der Waals surface area (Å²) in [4.78, 5) is 21.4. The SMILES string of the molecule is Cc1ccc(C(=O)CC=O)c(Cl)c1. The minimum absolute atomic E-state index is 0.108. The first-order valence-corrected chi connectivity index (χ1v) is 4.26. The van der Waals surface area contributed by atoms with Crippen LogP contribution < -0.4 is 0 Å². The van der Waals surface area contributed by atoms with E-state index in [1.165, 1.54) is 0 Å². The van der Waals surface area contributed by atoms with Gasteiger partial charge in [0.25, 0.3) is 0 Å². The van der Waals surface area contributed by atoms with E-state index in [1.54, 1.807) is 18.2 Å². The number of halogens is 1. The maximum absolute atomic E-state index is 11.3. The Bertz CT molecular complexity index is 345. The molecule has 3 heteroatoms. The molecule has 0 heterocycles. The average Bonchev–Trinajstić information content (AvgIpc) is 2.04. The van der Waals surface area contributed by atoms with Crippen LogP contribution in [0.25, 0.3) is 0 Å². The summed E-state index contributed by atoms with van der Waals surface area (Å²) in [5, 5.41) is 0.409. The minimum atomic E-state index is -0.236. The molecule has 0 spiro atoms. The minimum Gasteiger partial charge on any atom is -0.303 e. The van der Waals surface area contributed by atoms with E-state index in [-0.39, 0.29) is 12.2 Å². The number of hydrogen-bond acceptors (Lipinski definition) is 2. The number of ketones is 1. The highest BCUT2D eigenvalue weighted by atomic mass is 35.5. The van der Waals surface area contributed by atoms with E-state index in [9.17, 15) is 9.59 Å². The zero-order valence-electron chi connectivity index (χ0n) is 7.21. The molecule has 1 aromatic rings. The number of carbonyl (C=O) groups is 2. The zero-order valence-corrected chi connectivity index (χ0v) is 7.97. The predicted molar refractivity (Wildman–Crippen MR) is 51.2 cm³/mol. The fourth-order valence-electron chi connectivity index (χ4n) is 1.03. The van der Waals surface area contributed by atoms with Crippen molar-refractivity contribution in [1.29, 1.82) is 0 Å². The molecule has 0 N–H and O–H groups in total. The van der Waals surface area contributed by atoms with Crippen molar-refractivity contribution in [2.24, 2.45) is 0 Å². The standard InChI is InChI=1S/C10H9ClO2/c1-7-2-3-8(9(11)6-7)10(13)4-5-12/h2-3,5-6H,4H2,1H3. The maximum Gasteiger partial charge on any atom is 0.171 e. The van der Waals surface area contributed by atoms with Crippen LogP contribution in [0.1, 0.15) is 22.3 Å². The third-order valence-electron chi connectivity index (χ3n) is 1.69. The highest BCUT2D eigenvalue weighted by molar-refractivity contribution is 6.34. The van der Waals surface area contributed by atoms with E-state index in [2.05, 4.69) is 0 Å². The molecule has 0 aromatic heterocycles. The van der Waals surface area contributed by atoms with Gasteiger partial charge in [0.15, 0.2) is 5.78 Å². The molecule has 1 rings (SSSR count). The molecule has 0 amide bonds. The summed E-state index contributed by atoms with van der Waals surface area (Å²) in [6.07, 6.45) is 0.474. The van der Waals surface area contributed by atoms with Gasteiger partial charge in [-0.25, -0.2) is 0 Å². The molecule has 0 aliphatic carbocycles. The van der Waals surface area contributed by atoms with Crippen LogP contribution >= 0.6 is 11.6 Å². The van der Waals surface area contributed by atoms with Crippen molar-refractivity contribution < 1.29 is 9.59 Å². The van der Waals surface area contributed by atoms with Crippen LogP contribution in [0.5, 0.6) is 0 Å². The van der Waals surface area contributed by atoms with Gasteiger partial charge in [-0.15, -0.1) is 0 Å². The summed E-state index contributed by atoms with van der Waals surface area (Å²) in [5.41, 5.74) is 1.41. The molecule has 0 saturated heterocycles. The lowest BCUT2D eigenvalue weighted by atomic mass is 10.1. The number of carbonyl (C=O) groups excluding carboxylic acids is 2. The van der Waals surface area contributed by atoms with Gasteiger partial charge in [-0.2, -0.15) is 0 Å². The molecule has 0 fully saturated rings. The Kier molecular flexibility index (Phi) is 3.20. The van der Waals surface area contributed by atoms with Gasteiger partial charge in [0.2, 0.25) is 0 Å². The van der Waals surface area contributed by atoms with Crippen molar-refractivity contribution in [2.75, 3.05) is 0 Å². The summed E-state index contributed by atoms with van der Waals surface area (Å²) in [6.45, 7) is 1.89. The van der Waals surface area contributed by atoms with E-state index in [0.29, 0.717) is 16.9 Å². The van der Waals surface area contributed by atoms with E-state index in [1.807, 2.05) is 6.92 Å². The van der Waals surface area contributed by atoms with Gasteiger partial charge in [0.1, 0.15) is 6.29 Å². The van der Waals surface area contributed by atoms with Crippen molar-refractivity contribution in [1.82, 2.24) is 0 Å². The summed E-state index contributed by atoms with van der Waals surface area (Å²) < 4.78 is 0. The van der Waals surface area contributed by atoms with Crippen LogP contribution in [0.3, 0.4) is 0 Å². The summed E-state index contributed by atoms with van der Waals surface area (Å²) in [5.74, 6) is -0.236. The van der Waals surface area contributed by atoms with Crippen LogP contribution in [0.15, 0.2) is 18.2 Å². The van der Waals surface area contributed by atoms with Crippen molar-refractivity contribution in [3.05, 3.63) is 34.3 Å². The Morgan fingerprint density at radius 2 is 2.23 bits per heavy atom. The second kappa shape index (κ2) is 4.19. The quantitative estimate of drug-likeness (QED) is 0.423. The fourth-order valence-corrected chi connectivity index (χ4v) is 1.37. The Labute approximate surface area is 81.5 Å². The van der Waals surface area contributed by atoms with Crippen LogP contribution in [-0.2, 0) is 4.79 Å². The summed E-state index contributed by atoms with van der Waals surface area (Å²) >= 11 is 5.82. The lowest BCUT2D eigenvalue weighted by molar-refractivity contribution is -0.107. The smallest absolute Gasteiger partial charge is 0.171 e. The topological polar surface area (TPSA) is 34.1 Å². The molecule has 0 aliphatic heterocycles. The Morgan fingerprint density at radius 3 is 2.77 bits per heavy atom. The number of aryl methyl sites for hydroxylation is 1. The molecule has 13 heavy (non-hydrogen) atoms. The molecule has 0 saturated carbocycles. The van der Waals surface area contributed by atoms with Crippen molar-refractivity contribution in [3.63, 3.8) is 0 Å². The first kappa shape index (κ1) is 9.93. The van der Waals surface area contributed by atoms with Gasteiger partial charge < -0.3 is 4.79 Å². The second-order valence-corrected chi connectivity index (χ2v) is 3.18. The second-order valence-electron chi connectivity index (χ2n) is 2.78. The molecule has 0 atom stereocenters. The van der Waals surface area contributed by atoms with Crippen LogP contribution in [-0.4, -0.2) is 12.1 Å². The fraction of sp³-hybridized carbons (Fsp3) is 0.200. The van der Waals surface area contributed by atoms with Crippen LogP contribution in [0, 0.1) is 6.92 Å². The predicted octanol–water partition coefficient (Wildman–Crippen LogP) is 2.42. The number of aldehydes is 1. The van der Waals surface area contributed by atoms with Crippen molar-refractivity contribution >= 4 is 23.7 Å². The number of benzene rings is 1. The monoisotopic (exact) mass is 196 g/mol. The van der Waals surface area contributed by atoms with Gasteiger partial charge in [0, 0.05) is 5.56 Å². The molecular weight excluding hydrogens is 188 g/mol. The summed E-state index contributed by atoms with van der Waals surface area (Å²) in [6, 6.07) is 5.15. The van der Waals surface area contributed by atoms with Crippen molar-refractivity contribution in [3.8, 4) is 0 Å². The number of Topliss-reactive ketones (excluding diaryl/α,β-unsaturated/α-hetero) is 1.